The summed E-state index contributed by atoms with van der Waals surface area (Å²) in [5.41, 5.74) is 5.30. The Morgan fingerprint density at radius 2 is 2.29 bits per heavy atom. The zero-order valence-electron chi connectivity index (χ0n) is 7.81. The molecule has 0 aliphatic carbocycles. The quantitative estimate of drug-likeness (QED) is 0.642. The Kier molecular flexibility index (Phi) is 4.49. The van der Waals surface area contributed by atoms with Crippen molar-refractivity contribution < 1.29 is 4.79 Å². The number of hydrogen-bond donors (Lipinski definition) is 2. The average molecular weight is 195 g/mol. The Morgan fingerprint density at radius 1 is 1.43 bits per heavy atom. The van der Waals surface area contributed by atoms with Crippen molar-refractivity contribution in [1.29, 1.82) is 0 Å². The molecular formula is C8H13N5O. The van der Waals surface area contributed by atoms with Crippen LogP contribution < -0.4 is 11.1 Å². The molecule has 14 heavy (non-hydrogen) atoms. The van der Waals surface area contributed by atoms with Gasteiger partial charge in [-0.25, -0.2) is 4.98 Å². The number of anilines is 1. The van der Waals surface area contributed by atoms with Gasteiger partial charge in [0.1, 0.15) is 0 Å². The summed E-state index contributed by atoms with van der Waals surface area (Å²) in [6.45, 7) is 0.608. The summed E-state index contributed by atoms with van der Waals surface area (Å²) in [6, 6.07) is 0. The van der Waals surface area contributed by atoms with Crippen molar-refractivity contribution in [3.63, 3.8) is 0 Å². The fraction of sp³-hybridized carbons (Fsp3) is 0.500. The first-order valence-corrected chi connectivity index (χ1v) is 4.46. The summed E-state index contributed by atoms with van der Waals surface area (Å²) < 4.78 is 0. The maximum absolute atomic E-state index is 11.2. The number of carbonyl (C=O) groups is 1. The Bertz CT molecular complexity index is 276. The lowest BCUT2D eigenvalue weighted by molar-refractivity contribution is -0.116. The lowest BCUT2D eigenvalue weighted by Gasteiger charge is -2.01. The molecule has 1 rings (SSSR count). The minimum absolute atomic E-state index is 0.105. The molecule has 0 aliphatic heterocycles. The van der Waals surface area contributed by atoms with Crippen LogP contribution in [0.5, 0.6) is 0 Å². The number of nitrogens with two attached hydrogens (primary N) is 1. The number of unbranched alkanes of at least 4 members (excludes halogenated alkanes) is 1. The summed E-state index contributed by atoms with van der Waals surface area (Å²) in [5, 5.41) is 9.75. The van der Waals surface area contributed by atoms with Gasteiger partial charge in [-0.1, -0.05) is 0 Å². The van der Waals surface area contributed by atoms with Gasteiger partial charge in [-0.3, -0.25) is 10.1 Å². The fourth-order valence-corrected chi connectivity index (χ4v) is 0.922. The Labute approximate surface area is 81.9 Å². The van der Waals surface area contributed by atoms with Crippen LogP contribution in [0.3, 0.4) is 0 Å². The number of carbonyl (C=O) groups excluding carboxylic acids is 1. The van der Waals surface area contributed by atoms with Crippen molar-refractivity contribution >= 4 is 11.9 Å². The summed E-state index contributed by atoms with van der Waals surface area (Å²) in [7, 11) is 0. The van der Waals surface area contributed by atoms with Gasteiger partial charge in [0, 0.05) is 6.42 Å². The average Bonchev–Trinajstić information content (AvgIpc) is 2.20. The predicted molar refractivity (Wildman–Crippen MR) is 51.4 cm³/mol. The van der Waals surface area contributed by atoms with Crippen LogP contribution in [0.1, 0.15) is 19.3 Å². The Hall–Kier alpha value is -1.56. The lowest BCUT2D eigenvalue weighted by Crippen LogP contribution is -2.14. The van der Waals surface area contributed by atoms with E-state index in [9.17, 15) is 4.79 Å². The molecule has 0 aliphatic rings. The van der Waals surface area contributed by atoms with E-state index in [2.05, 4.69) is 20.5 Å². The largest absolute Gasteiger partial charge is 0.330 e. The summed E-state index contributed by atoms with van der Waals surface area (Å²) in [6.07, 6.45) is 4.99. The van der Waals surface area contributed by atoms with Crippen molar-refractivity contribution in [2.45, 2.75) is 19.3 Å². The molecule has 6 nitrogen and oxygen atoms in total. The molecule has 0 radical (unpaired) electrons. The smallest absolute Gasteiger partial charge is 0.249 e. The third-order valence-electron chi connectivity index (χ3n) is 1.59. The molecular weight excluding hydrogens is 182 g/mol. The molecule has 1 amide bonds. The zero-order chi connectivity index (χ0) is 10.2. The number of amides is 1. The standard InChI is InChI=1S/C8H13N5O/c9-4-2-1-3-7(14)12-8-10-5-6-11-13-8/h5-6H,1-4,9H2,(H,10,12,13,14). The maximum Gasteiger partial charge on any atom is 0.249 e. The molecule has 76 valence electrons. The van der Waals surface area contributed by atoms with E-state index in [1.165, 1.54) is 12.4 Å². The highest BCUT2D eigenvalue weighted by atomic mass is 16.1. The van der Waals surface area contributed by atoms with Crippen LogP contribution in [0.4, 0.5) is 5.95 Å². The van der Waals surface area contributed by atoms with Crippen molar-refractivity contribution in [2.24, 2.45) is 5.73 Å². The third kappa shape index (κ3) is 3.90. The van der Waals surface area contributed by atoms with Gasteiger partial charge in [-0.05, 0) is 19.4 Å². The lowest BCUT2D eigenvalue weighted by atomic mass is 10.2. The number of rotatable bonds is 5. The molecule has 0 unspecified atom stereocenters. The number of aromatic nitrogens is 3. The Balaban J connectivity index is 2.27. The van der Waals surface area contributed by atoms with Gasteiger partial charge in [0.15, 0.2) is 0 Å². The molecule has 1 aromatic rings. The van der Waals surface area contributed by atoms with E-state index in [1.54, 1.807) is 0 Å². The van der Waals surface area contributed by atoms with Gasteiger partial charge in [0.2, 0.25) is 11.9 Å². The molecule has 3 N–H and O–H groups in total. The van der Waals surface area contributed by atoms with Gasteiger partial charge in [-0.2, -0.15) is 5.10 Å². The van der Waals surface area contributed by atoms with E-state index in [0.717, 1.165) is 12.8 Å². The van der Waals surface area contributed by atoms with Crippen molar-refractivity contribution in [3.05, 3.63) is 12.4 Å². The second kappa shape index (κ2) is 5.98. The molecule has 1 heterocycles. The highest BCUT2D eigenvalue weighted by Gasteiger charge is 2.02. The van der Waals surface area contributed by atoms with E-state index in [4.69, 9.17) is 5.73 Å². The van der Waals surface area contributed by atoms with E-state index < -0.39 is 0 Å². The maximum atomic E-state index is 11.2. The normalized spacial score (nSPS) is 9.79. The fourth-order valence-electron chi connectivity index (χ4n) is 0.922. The minimum Gasteiger partial charge on any atom is -0.330 e. The SMILES string of the molecule is NCCCCC(=O)Nc1nccnn1. The summed E-state index contributed by atoms with van der Waals surface area (Å²) >= 11 is 0. The van der Waals surface area contributed by atoms with Crippen LogP contribution in [-0.2, 0) is 4.79 Å². The van der Waals surface area contributed by atoms with E-state index in [0.29, 0.717) is 13.0 Å². The highest BCUT2D eigenvalue weighted by Crippen LogP contribution is 1.98. The molecule has 0 fully saturated rings. The molecule has 0 aromatic carbocycles. The third-order valence-corrected chi connectivity index (χ3v) is 1.59. The molecule has 1 aromatic heterocycles. The number of nitrogens with one attached hydrogen (secondary N) is 1. The molecule has 0 atom stereocenters. The van der Waals surface area contributed by atoms with Gasteiger partial charge >= 0.3 is 0 Å². The summed E-state index contributed by atoms with van der Waals surface area (Å²) in [4.78, 5) is 15.0. The number of nitrogens with zero attached hydrogens (tertiary/aromatic N) is 3. The van der Waals surface area contributed by atoms with Gasteiger partial charge < -0.3 is 5.73 Å². The Morgan fingerprint density at radius 3 is 2.93 bits per heavy atom. The molecule has 0 spiro atoms. The van der Waals surface area contributed by atoms with E-state index in [-0.39, 0.29) is 11.9 Å². The predicted octanol–water partition coefficient (Wildman–Crippen LogP) is -0.0609. The molecule has 0 saturated carbocycles. The van der Waals surface area contributed by atoms with Crippen LogP contribution in [0.2, 0.25) is 0 Å². The first kappa shape index (κ1) is 10.5. The second-order valence-corrected chi connectivity index (χ2v) is 2.76. The van der Waals surface area contributed by atoms with Crippen LogP contribution in [0.25, 0.3) is 0 Å². The highest BCUT2D eigenvalue weighted by molar-refractivity contribution is 5.88. The number of hydrogen-bond acceptors (Lipinski definition) is 5. The van der Waals surface area contributed by atoms with Crippen LogP contribution in [-0.4, -0.2) is 27.6 Å². The first-order valence-electron chi connectivity index (χ1n) is 4.46. The molecule has 6 heteroatoms. The van der Waals surface area contributed by atoms with Gasteiger partial charge in [0.05, 0.1) is 12.4 Å². The van der Waals surface area contributed by atoms with Crippen molar-refractivity contribution in [3.8, 4) is 0 Å². The van der Waals surface area contributed by atoms with E-state index in [1.807, 2.05) is 0 Å². The van der Waals surface area contributed by atoms with E-state index >= 15 is 0 Å². The van der Waals surface area contributed by atoms with Gasteiger partial charge in [0.25, 0.3) is 0 Å². The van der Waals surface area contributed by atoms with Crippen LogP contribution in [0, 0.1) is 0 Å². The van der Waals surface area contributed by atoms with Crippen molar-refractivity contribution in [2.75, 3.05) is 11.9 Å². The molecule has 0 saturated heterocycles. The summed E-state index contributed by atoms with van der Waals surface area (Å²) in [5.74, 6) is 0.136. The zero-order valence-corrected chi connectivity index (χ0v) is 7.81. The first-order chi connectivity index (χ1) is 6.83. The van der Waals surface area contributed by atoms with Crippen LogP contribution >= 0.6 is 0 Å². The van der Waals surface area contributed by atoms with Crippen molar-refractivity contribution in [1.82, 2.24) is 15.2 Å². The van der Waals surface area contributed by atoms with Gasteiger partial charge in [-0.15, -0.1) is 5.10 Å². The molecule has 0 bridgehead atoms. The van der Waals surface area contributed by atoms with Crippen LogP contribution in [0.15, 0.2) is 12.4 Å². The monoisotopic (exact) mass is 195 g/mol. The second-order valence-electron chi connectivity index (χ2n) is 2.76. The topological polar surface area (TPSA) is 93.8 Å². The minimum atomic E-state index is -0.105.